The van der Waals surface area contributed by atoms with Gasteiger partial charge >= 0.3 is 0 Å². The van der Waals surface area contributed by atoms with E-state index in [9.17, 15) is 0 Å². The number of hydrogen-bond donors (Lipinski definition) is 0. The van der Waals surface area contributed by atoms with Gasteiger partial charge in [-0.1, -0.05) is 113 Å². The first-order valence-corrected chi connectivity index (χ1v) is 17.9. The van der Waals surface area contributed by atoms with Gasteiger partial charge in [0.25, 0.3) is 0 Å². The summed E-state index contributed by atoms with van der Waals surface area (Å²) < 4.78 is 16.1. The van der Waals surface area contributed by atoms with Crippen molar-refractivity contribution in [2.75, 3.05) is 0 Å². The molecule has 0 aliphatic heterocycles. The van der Waals surface area contributed by atoms with Crippen LogP contribution in [0, 0.1) is 13.8 Å². The lowest BCUT2D eigenvalue weighted by Crippen LogP contribution is -2.09. The Morgan fingerprint density at radius 2 is 1.24 bits per heavy atom. The van der Waals surface area contributed by atoms with Crippen molar-refractivity contribution >= 4 is 43.9 Å². The number of aryl methyl sites for hydroxylation is 2. The molecule has 0 spiro atoms. The molecule has 4 nitrogen and oxygen atoms in total. The number of hydrogen-bond acceptors (Lipinski definition) is 3. The highest BCUT2D eigenvalue weighted by Crippen LogP contribution is 2.47. The summed E-state index contributed by atoms with van der Waals surface area (Å²) >= 11 is 0. The Kier molecular flexibility index (Phi) is 7.25. The predicted octanol–water partition coefficient (Wildman–Crippen LogP) is 13.5. The van der Waals surface area contributed by atoms with E-state index in [2.05, 4.69) is 161 Å². The second-order valence-electron chi connectivity index (χ2n) is 14.5. The molecule has 0 unspecified atom stereocenters. The van der Waals surface area contributed by atoms with Crippen LogP contribution < -0.4 is 0 Å². The van der Waals surface area contributed by atoms with Gasteiger partial charge in [0, 0.05) is 27.3 Å². The number of fused-ring (bicyclic) bond motifs is 6. The van der Waals surface area contributed by atoms with Crippen molar-refractivity contribution in [2.45, 2.75) is 53.4 Å². The summed E-state index contributed by atoms with van der Waals surface area (Å²) in [7, 11) is 0. The minimum Gasteiger partial charge on any atom is -0.456 e. The number of furan rings is 2. The highest BCUT2D eigenvalue weighted by atomic mass is 16.3. The molecule has 0 aliphatic carbocycles. The van der Waals surface area contributed by atoms with E-state index in [0.717, 1.165) is 77.8 Å². The van der Waals surface area contributed by atoms with Crippen LogP contribution in [0.25, 0.3) is 83.5 Å². The van der Waals surface area contributed by atoms with Crippen molar-refractivity contribution in [1.29, 1.82) is 0 Å². The van der Waals surface area contributed by atoms with E-state index in [4.69, 9.17) is 13.8 Å². The fourth-order valence-corrected chi connectivity index (χ4v) is 7.87. The van der Waals surface area contributed by atoms with Gasteiger partial charge in [-0.3, -0.25) is 4.57 Å². The third-order valence-corrected chi connectivity index (χ3v) is 10.4. The van der Waals surface area contributed by atoms with Gasteiger partial charge in [0.2, 0.25) is 0 Å². The molecule has 0 saturated heterocycles. The van der Waals surface area contributed by atoms with Crippen LogP contribution in [0.1, 0.15) is 61.8 Å². The number of aromatic nitrogens is 2. The summed E-state index contributed by atoms with van der Waals surface area (Å²) in [6, 6.07) is 43.0. The number of nitrogens with zero attached hydrogens (tertiary/aromatic N) is 2. The number of imidazole rings is 1. The molecule has 3 heterocycles. The molecule has 0 fully saturated rings. The molecule has 0 aliphatic rings. The standard InChI is InChI=1S/C47H40N2O2/c1-27(2)35-24-33(31-15-9-7-10-16-31)25-36(28(3)4)44(35)49-39-20-14-13-19-38(39)48-47(49)37-26-41-42(30(6)45(51-41)32-17-11-8-12-18-32)43-34-22-21-29(5)23-40(34)50-46(37)43/h7-28H,1-6H3. The smallest absolute Gasteiger partial charge is 0.149 e. The predicted molar refractivity (Wildman–Crippen MR) is 212 cm³/mol. The molecule has 9 rings (SSSR count). The molecule has 0 saturated carbocycles. The van der Waals surface area contributed by atoms with E-state index >= 15 is 0 Å². The summed E-state index contributed by atoms with van der Waals surface area (Å²) in [6.45, 7) is 13.4. The van der Waals surface area contributed by atoms with Crippen molar-refractivity contribution in [1.82, 2.24) is 9.55 Å². The first kappa shape index (κ1) is 31.1. The van der Waals surface area contributed by atoms with E-state index in [0.29, 0.717) is 0 Å². The molecular formula is C47H40N2O2. The minimum atomic E-state index is 0.257. The van der Waals surface area contributed by atoms with Crippen LogP contribution in [0.3, 0.4) is 0 Å². The van der Waals surface area contributed by atoms with E-state index in [-0.39, 0.29) is 11.8 Å². The number of benzene rings is 6. The first-order valence-electron chi connectivity index (χ1n) is 17.9. The molecule has 4 heteroatoms. The molecule has 3 aromatic heterocycles. The zero-order valence-electron chi connectivity index (χ0n) is 29.9. The van der Waals surface area contributed by atoms with Gasteiger partial charge in [-0.15, -0.1) is 0 Å². The van der Waals surface area contributed by atoms with Crippen LogP contribution >= 0.6 is 0 Å². The second kappa shape index (κ2) is 11.9. The Balaban J connectivity index is 1.42. The summed E-state index contributed by atoms with van der Waals surface area (Å²) in [5.74, 6) is 2.23. The Morgan fingerprint density at radius 3 is 1.92 bits per heavy atom. The van der Waals surface area contributed by atoms with Gasteiger partial charge in [0.1, 0.15) is 28.3 Å². The average molecular weight is 665 g/mol. The van der Waals surface area contributed by atoms with Gasteiger partial charge in [-0.2, -0.15) is 0 Å². The van der Waals surface area contributed by atoms with Crippen LogP contribution in [0.15, 0.2) is 130 Å². The van der Waals surface area contributed by atoms with Gasteiger partial charge in [0.15, 0.2) is 0 Å². The normalized spacial score (nSPS) is 12.1. The first-order chi connectivity index (χ1) is 24.8. The van der Waals surface area contributed by atoms with Crippen LogP contribution in [-0.2, 0) is 0 Å². The van der Waals surface area contributed by atoms with Gasteiger partial charge in [0.05, 0.1) is 22.3 Å². The lowest BCUT2D eigenvalue weighted by molar-refractivity contribution is 0.628. The van der Waals surface area contributed by atoms with Crippen molar-refractivity contribution in [2.24, 2.45) is 0 Å². The van der Waals surface area contributed by atoms with Gasteiger partial charge in [-0.05, 0) is 89.9 Å². The van der Waals surface area contributed by atoms with Crippen LogP contribution in [-0.4, -0.2) is 9.55 Å². The average Bonchev–Trinajstić information content (AvgIpc) is 3.82. The Hall–Kier alpha value is -5.87. The molecule has 6 aromatic carbocycles. The van der Waals surface area contributed by atoms with Crippen LogP contribution in [0.4, 0.5) is 0 Å². The fourth-order valence-electron chi connectivity index (χ4n) is 7.87. The molecule has 0 radical (unpaired) electrons. The van der Waals surface area contributed by atoms with Crippen LogP contribution in [0.2, 0.25) is 0 Å². The zero-order valence-corrected chi connectivity index (χ0v) is 29.9. The SMILES string of the molecule is Cc1ccc2c(c1)oc1c(-c3nc4ccccc4n3-c3c(C(C)C)cc(-c4ccccc4)cc3C(C)C)cc3oc(-c4ccccc4)c(C)c3c12. The quantitative estimate of drug-likeness (QED) is 0.178. The molecule has 0 N–H and O–H groups in total. The minimum absolute atomic E-state index is 0.257. The molecule has 0 amide bonds. The van der Waals surface area contributed by atoms with Gasteiger partial charge in [-0.25, -0.2) is 4.98 Å². The highest BCUT2D eigenvalue weighted by Gasteiger charge is 2.28. The molecule has 9 aromatic rings. The Morgan fingerprint density at radius 1 is 0.588 bits per heavy atom. The third-order valence-electron chi connectivity index (χ3n) is 10.4. The van der Waals surface area contributed by atoms with Crippen molar-refractivity contribution in [3.8, 4) is 39.5 Å². The summed E-state index contributed by atoms with van der Waals surface area (Å²) in [5, 5.41) is 3.22. The van der Waals surface area contributed by atoms with E-state index in [1.165, 1.54) is 27.9 Å². The Labute approximate surface area is 298 Å². The molecule has 0 bridgehead atoms. The number of rotatable bonds is 6. The maximum Gasteiger partial charge on any atom is 0.149 e. The van der Waals surface area contributed by atoms with Gasteiger partial charge < -0.3 is 8.83 Å². The van der Waals surface area contributed by atoms with Crippen LogP contribution in [0.5, 0.6) is 0 Å². The highest BCUT2D eigenvalue weighted by molar-refractivity contribution is 6.23. The summed E-state index contributed by atoms with van der Waals surface area (Å²) in [5.41, 5.74) is 14.9. The van der Waals surface area contributed by atoms with E-state index in [1.54, 1.807) is 0 Å². The molecule has 0 atom stereocenters. The lowest BCUT2D eigenvalue weighted by Gasteiger charge is -2.24. The summed E-state index contributed by atoms with van der Waals surface area (Å²) in [4.78, 5) is 5.43. The lowest BCUT2D eigenvalue weighted by atomic mass is 9.88. The summed E-state index contributed by atoms with van der Waals surface area (Å²) in [6.07, 6.45) is 0. The van der Waals surface area contributed by atoms with E-state index in [1.807, 2.05) is 6.07 Å². The number of para-hydroxylation sites is 2. The molecule has 51 heavy (non-hydrogen) atoms. The molecular weight excluding hydrogens is 625 g/mol. The van der Waals surface area contributed by atoms with E-state index < -0.39 is 0 Å². The topological polar surface area (TPSA) is 44.1 Å². The van der Waals surface area contributed by atoms with Crippen molar-refractivity contribution in [3.63, 3.8) is 0 Å². The van der Waals surface area contributed by atoms with Crippen molar-refractivity contribution < 1.29 is 8.83 Å². The fraction of sp³-hybridized carbons (Fsp3) is 0.170. The third kappa shape index (κ3) is 4.92. The Bertz CT molecular complexity index is 2730. The monoisotopic (exact) mass is 664 g/mol. The molecule has 250 valence electrons. The second-order valence-corrected chi connectivity index (χ2v) is 14.5. The maximum absolute atomic E-state index is 6.92. The zero-order chi connectivity index (χ0) is 35.0. The maximum atomic E-state index is 6.92. The largest absolute Gasteiger partial charge is 0.456 e. The van der Waals surface area contributed by atoms with Crippen molar-refractivity contribution in [3.05, 3.63) is 144 Å².